The number of amides is 2. The predicted molar refractivity (Wildman–Crippen MR) is 102 cm³/mol. The second kappa shape index (κ2) is 9.80. The van der Waals surface area contributed by atoms with Gasteiger partial charge in [0.1, 0.15) is 0 Å². The molecule has 1 N–H and O–H groups in total. The van der Waals surface area contributed by atoms with Crippen LogP contribution in [0.3, 0.4) is 0 Å². The van der Waals surface area contributed by atoms with E-state index >= 15 is 0 Å². The number of nitrogens with zero attached hydrogens (tertiary/aromatic N) is 1. The van der Waals surface area contributed by atoms with Gasteiger partial charge in [0.15, 0.2) is 11.5 Å². The van der Waals surface area contributed by atoms with Crippen molar-refractivity contribution in [1.82, 2.24) is 10.2 Å². The average molecular weight is 400 g/mol. The minimum Gasteiger partial charge on any atom is -0.493 e. The van der Waals surface area contributed by atoms with Crippen LogP contribution in [0.5, 0.6) is 11.5 Å². The average Bonchev–Trinajstić information content (AvgIpc) is 3.14. The Morgan fingerprint density at radius 2 is 2.11 bits per heavy atom. The molecule has 0 spiro atoms. The number of nitrogens with one attached hydrogen (secondary N) is 1. The summed E-state index contributed by atoms with van der Waals surface area (Å²) in [5, 5.41) is 2.80. The van der Waals surface area contributed by atoms with Gasteiger partial charge in [0.25, 0.3) is 0 Å². The minimum atomic E-state index is -3.69. The van der Waals surface area contributed by atoms with Crippen molar-refractivity contribution in [1.29, 1.82) is 0 Å². The molecule has 1 aromatic rings. The molecule has 1 aliphatic heterocycles. The van der Waals surface area contributed by atoms with Crippen LogP contribution in [0.25, 0.3) is 0 Å². The summed E-state index contributed by atoms with van der Waals surface area (Å²) >= 11 is 0. The van der Waals surface area contributed by atoms with Crippen molar-refractivity contribution in [3.63, 3.8) is 0 Å². The Labute approximate surface area is 160 Å². The number of methoxy groups -OCH3 is 1. The van der Waals surface area contributed by atoms with Crippen LogP contribution in [-0.2, 0) is 21.4 Å². The molecule has 1 atom stereocenters. The van der Waals surface area contributed by atoms with E-state index in [9.17, 15) is 13.2 Å². The maximum absolute atomic E-state index is 12.4. The molecule has 0 bridgehead atoms. The number of hydrogen-bond acceptors (Lipinski definition) is 6. The first-order valence-corrected chi connectivity index (χ1v) is 10.7. The summed E-state index contributed by atoms with van der Waals surface area (Å²) in [6.45, 7) is 5.37. The highest BCUT2D eigenvalue weighted by Gasteiger charge is 2.23. The van der Waals surface area contributed by atoms with Gasteiger partial charge in [0, 0.05) is 26.2 Å². The molecule has 1 fully saturated rings. The Kier molecular flexibility index (Phi) is 7.73. The first kappa shape index (κ1) is 21.3. The van der Waals surface area contributed by atoms with Gasteiger partial charge in [-0.3, -0.25) is 0 Å². The van der Waals surface area contributed by atoms with Gasteiger partial charge < -0.3 is 23.9 Å². The molecule has 1 aliphatic rings. The molecule has 8 nitrogen and oxygen atoms in total. The van der Waals surface area contributed by atoms with E-state index in [1.807, 2.05) is 6.92 Å². The van der Waals surface area contributed by atoms with Gasteiger partial charge in [-0.05, 0) is 44.4 Å². The monoisotopic (exact) mass is 400 g/mol. The Bertz CT molecular complexity index is 731. The van der Waals surface area contributed by atoms with Gasteiger partial charge in [-0.1, -0.05) is 6.07 Å². The van der Waals surface area contributed by atoms with Crippen LogP contribution in [0.4, 0.5) is 4.79 Å². The van der Waals surface area contributed by atoms with Crippen LogP contribution < -0.4 is 14.2 Å². The zero-order valence-electron chi connectivity index (χ0n) is 16.1. The van der Waals surface area contributed by atoms with E-state index in [0.717, 1.165) is 18.4 Å². The molecule has 0 aliphatic carbocycles. The summed E-state index contributed by atoms with van der Waals surface area (Å²) in [5.74, 6) is 0.286. The number of rotatable bonds is 9. The Morgan fingerprint density at radius 3 is 2.70 bits per heavy atom. The molecule has 0 radical (unpaired) electrons. The third kappa shape index (κ3) is 6.28. The molecule has 152 valence electrons. The lowest BCUT2D eigenvalue weighted by atomic mass is 10.1. The van der Waals surface area contributed by atoms with Gasteiger partial charge in [0.2, 0.25) is 0 Å². The standard InChI is InChI=1S/C18H28N2O6S/c1-4-19-18(21)20(13-15-7-6-10-25-15)12-14-8-9-16(24-3)17(11-14)26-27(22,23)5-2/h8-9,11,15H,4-7,10,12-13H2,1-3H3,(H,19,21)/t15-/m1/s1. The maximum Gasteiger partial charge on any atom is 0.317 e. The molecular weight excluding hydrogens is 372 g/mol. The number of carbonyl (C=O) groups is 1. The summed E-state index contributed by atoms with van der Waals surface area (Å²) in [7, 11) is -2.24. The van der Waals surface area contributed by atoms with Crippen molar-refractivity contribution in [3.8, 4) is 11.5 Å². The normalized spacial score (nSPS) is 16.8. The zero-order valence-corrected chi connectivity index (χ0v) is 16.9. The lowest BCUT2D eigenvalue weighted by Gasteiger charge is -2.26. The molecule has 0 saturated carbocycles. The van der Waals surface area contributed by atoms with Crippen molar-refractivity contribution < 1.29 is 26.9 Å². The molecule has 1 aromatic carbocycles. The largest absolute Gasteiger partial charge is 0.493 e. The highest BCUT2D eigenvalue weighted by atomic mass is 32.2. The lowest BCUT2D eigenvalue weighted by Crippen LogP contribution is -2.43. The highest BCUT2D eigenvalue weighted by Crippen LogP contribution is 2.30. The predicted octanol–water partition coefficient (Wildman–Crippen LogP) is 2.13. The van der Waals surface area contributed by atoms with Crippen LogP contribution in [0, 0.1) is 0 Å². The molecule has 0 unspecified atom stereocenters. The zero-order chi connectivity index (χ0) is 19.9. The highest BCUT2D eigenvalue weighted by molar-refractivity contribution is 7.87. The first-order chi connectivity index (χ1) is 12.9. The van der Waals surface area contributed by atoms with E-state index in [-0.39, 0.29) is 23.6 Å². The third-order valence-electron chi connectivity index (χ3n) is 4.24. The van der Waals surface area contributed by atoms with Crippen molar-refractivity contribution >= 4 is 16.1 Å². The van der Waals surface area contributed by atoms with Crippen molar-refractivity contribution in [2.24, 2.45) is 0 Å². The van der Waals surface area contributed by atoms with Crippen molar-refractivity contribution in [2.75, 3.05) is 32.6 Å². The maximum atomic E-state index is 12.4. The minimum absolute atomic E-state index is 0.0158. The number of ether oxygens (including phenoxy) is 2. The molecule has 0 aromatic heterocycles. The lowest BCUT2D eigenvalue weighted by molar-refractivity contribution is 0.0795. The Hall–Kier alpha value is -2.00. The van der Waals surface area contributed by atoms with Gasteiger partial charge in [0.05, 0.1) is 19.0 Å². The second-order valence-corrected chi connectivity index (χ2v) is 8.13. The third-order valence-corrected chi connectivity index (χ3v) is 5.38. The van der Waals surface area contributed by atoms with Gasteiger partial charge in [-0.2, -0.15) is 8.42 Å². The summed E-state index contributed by atoms with van der Waals surface area (Å²) in [5.41, 5.74) is 0.737. The first-order valence-electron chi connectivity index (χ1n) is 9.12. The number of benzene rings is 1. The van der Waals surface area contributed by atoms with E-state index in [2.05, 4.69) is 5.32 Å². The fourth-order valence-corrected chi connectivity index (χ4v) is 3.34. The van der Waals surface area contributed by atoms with E-state index in [0.29, 0.717) is 32.0 Å². The van der Waals surface area contributed by atoms with Crippen LogP contribution in [-0.4, -0.2) is 58.0 Å². The molecule has 27 heavy (non-hydrogen) atoms. The number of hydrogen-bond donors (Lipinski definition) is 1. The van der Waals surface area contributed by atoms with E-state index in [1.54, 1.807) is 23.1 Å². The topological polar surface area (TPSA) is 94.2 Å². The van der Waals surface area contributed by atoms with Crippen molar-refractivity contribution in [3.05, 3.63) is 23.8 Å². The Morgan fingerprint density at radius 1 is 1.33 bits per heavy atom. The summed E-state index contributed by atoms with van der Waals surface area (Å²) in [6.07, 6.45) is 1.92. The van der Waals surface area contributed by atoms with E-state index < -0.39 is 10.1 Å². The van der Waals surface area contributed by atoms with Crippen LogP contribution >= 0.6 is 0 Å². The smallest absolute Gasteiger partial charge is 0.317 e. The van der Waals surface area contributed by atoms with Crippen LogP contribution in [0.1, 0.15) is 32.3 Å². The molecule has 1 heterocycles. The van der Waals surface area contributed by atoms with Gasteiger partial charge >= 0.3 is 16.1 Å². The van der Waals surface area contributed by atoms with E-state index in [4.69, 9.17) is 13.7 Å². The molecular formula is C18H28N2O6S. The molecule has 2 rings (SSSR count). The van der Waals surface area contributed by atoms with Crippen LogP contribution in [0.2, 0.25) is 0 Å². The summed E-state index contributed by atoms with van der Waals surface area (Å²) in [4.78, 5) is 14.1. The van der Waals surface area contributed by atoms with E-state index in [1.165, 1.54) is 14.0 Å². The van der Waals surface area contributed by atoms with Crippen molar-refractivity contribution in [2.45, 2.75) is 39.3 Å². The second-order valence-electron chi connectivity index (χ2n) is 6.27. The molecule has 9 heteroatoms. The fourth-order valence-electron chi connectivity index (χ4n) is 2.82. The SMILES string of the molecule is CCNC(=O)N(Cc1ccc(OC)c(OS(=O)(=O)CC)c1)C[C@H]1CCCO1. The van der Waals surface area contributed by atoms with Gasteiger partial charge in [-0.15, -0.1) is 0 Å². The quantitative estimate of drug-likeness (QED) is 0.638. The summed E-state index contributed by atoms with van der Waals surface area (Å²) in [6, 6.07) is 4.82. The molecule has 1 saturated heterocycles. The van der Waals surface area contributed by atoms with Crippen LogP contribution in [0.15, 0.2) is 18.2 Å². The number of carbonyl (C=O) groups excluding carboxylic acids is 1. The fraction of sp³-hybridized carbons (Fsp3) is 0.611. The summed E-state index contributed by atoms with van der Waals surface area (Å²) < 4.78 is 39.6. The van der Waals surface area contributed by atoms with Gasteiger partial charge in [-0.25, -0.2) is 4.79 Å². The Balaban J connectivity index is 2.21. The molecule has 2 amide bonds. The number of urea groups is 1.